The number of aryl methyl sites for hydroxylation is 1. The van der Waals surface area contributed by atoms with Crippen LogP contribution in [-0.4, -0.2) is 19.6 Å². The zero-order valence-corrected chi connectivity index (χ0v) is 13.2. The molecule has 0 aliphatic heterocycles. The van der Waals surface area contributed by atoms with Gasteiger partial charge in [0, 0.05) is 5.69 Å². The molecule has 0 saturated heterocycles. The summed E-state index contributed by atoms with van der Waals surface area (Å²) in [6.45, 7) is 4.36. The molecular weight excluding hydrogens is 278 g/mol. The number of hydrogen-bond acceptors (Lipinski definition) is 3. The summed E-state index contributed by atoms with van der Waals surface area (Å²) in [7, 11) is 1.62. The zero-order chi connectivity index (χ0) is 15.9. The summed E-state index contributed by atoms with van der Waals surface area (Å²) in [6.07, 6.45) is 0.305. The van der Waals surface area contributed by atoms with E-state index in [4.69, 9.17) is 9.47 Å². The molecule has 22 heavy (non-hydrogen) atoms. The Morgan fingerprint density at radius 1 is 1.05 bits per heavy atom. The highest BCUT2D eigenvalue weighted by Gasteiger charge is 2.06. The van der Waals surface area contributed by atoms with Crippen molar-refractivity contribution >= 4 is 11.6 Å². The van der Waals surface area contributed by atoms with Crippen molar-refractivity contribution in [2.45, 2.75) is 20.3 Å². The second-order valence-corrected chi connectivity index (χ2v) is 5.07. The first-order chi connectivity index (χ1) is 10.6. The summed E-state index contributed by atoms with van der Waals surface area (Å²) in [5.41, 5.74) is 3.11. The number of nitrogens with one attached hydrogen (secondary N) is 1. The fourth-order valence-corrected chi connectivity index (χ4v) is 2.03. The molecule has 2 aromatic rings. The first kappa shape index (κ1) is 15.9. The fraction of sp³-hybridized carbons (Fsp3) is 0.278. The number of methoxy groups -OCH3 is 1. The number of ether oxygens (including phenoxy) is 2. The highest BCUT2D eigenvalue weighted by molar-refractivity contribution is 5.91. The van der Waals surface area contributed by atoms with Gasteiger partial charge in [0.05, 0.1) is 20.1 Å². The van der Waals surface area contributed by atoms with Crippen molar-refractivity contribution in [3.63, 3.8) is 0 Å². The minimum Gasteiger partial charge on any atom is -0.497 e. The molecule has 0 atom stereocenters. The molecule has 1 N–H and O–H groups in total. The van der Waals surface area contributed by atoms with Crippen molar-refractivity contribution in [3.8, 4) is 11.5 Å². The van der Waals surface area contributed by atoms with Gasteiger partial charge in [0.25, 0.3) is 0 Å². The van der Waals surface area contributed by atoms with E-state index >= 15 is 0 Å². The van der Waals surface area contributed by atoms with Crippen molar-refractivity contribution in [1.29, 1.82) is 0 Å². The van der Waals surface area contributed by atoms with E-state index in [9.17, 15) is 4.79 Å². The molecular formula is C18H21NO3. The van der Waals surface area contributed by atoms with Crippen LogP contribution in [0, 0.1) is 13.8 Å². The molecule has 1 amide bonds. The second-order valence-electron chi connectivity index (χ2n) is 5.07. The molecule has 0 heterocycles. The molecule has 2 aromatic carbocycles. The third-order valence-electron chi connectivity index (χ3n) is 3.54. The molecule has 0 saturated carbocycles. The predicted molar refractivity (Wildman–Crippen MR) is 87.7 cm³/mol. The van der Waals surface area contributed by atoms with Crippen LogP contribution in [0.5, 0.6) is 11.5 Å². The maximum absolute atomic E-state index is 12.0. The number of rotatable bonds is 6. The Morgan fingerprint density at radius 3 is 2.41 bits per heavy atom. The third-order valence-corrected chi connectivity index (χ3v) is 3.54. The highest BCUT2D eigenvalue weighted by atomic mass is 16.5. The first-order valence-electron chi connectivity index (χ1n) is 7.23. The maximum Gasteiger partial charge on any atom is 0.227 e. The molecule has 0 aliphatic rings. The van der Waals surface area contributed by atoms with Gasteiger partial charge in [-0.1, -0.05) is 12.1 Å². The number of benzene rings is 2. The molecule has 0 spiro atoms. The largest absolute Gasteiger partial charge is 0.497 e. The number of anilines is 1. The third kappa shape index (κ3) is 4.25. The van der Waals surface area contributed by atoms with Gasteiger partial charge in [-0.2, -0.15) is 0 Å². The minimum absolute atomic E-state index is 0.0535. The molecule has 0 radical (unpaired) electrons. The molecule has 0 aromatic heterocycles. The molecule has 2 rings (SSSR count). The molecule has 0 bridgehead atoms. The Bertz CT molecular complexity index is 635. The number of carbonyl (C=O) groups is 1. The van der Waals surface area contributed by atoms with Crippen LogP contribution >= 0.6 is 0 Å². The van der Waals surface area contributed by atoms with Crippen LogP contribution in [0.4, 0.5) is 5.69 Å². The van der Waals surface area contributed by atoms with Crippen LogP contribution in [-0.2, 0) is 4.79 Å². The van der Waals surface area contributed by atoms with Crippen molar-refractivity contribution in [2.75, 3.05) is 19.0 Å². The summed E-state index contributed by atoms with van der Waals surface area (Å²) < 4.78 is 10.6. The fourth-order valence-electron chi connectivity index (χ4n) is 2.03. The maximum atomic E-state index is 12.0. The SMILES string of the molecule is COc1ccc(OCCC(=O)Nc2cccc(C)c2C)cc1. The lowest BCUT2D eigenvalue weighted by Crippen LogP contribution is -2.16. The molecule has 116 valence electrons. The summed E-state index contributed by atoms with van der Waals surface area (Å²) in [4.78, 5) is 12.0. The van der Waals surface area contributed by atoms with Crippen LogP contribution in [0.25, 0.3) is 0 Å². The topological polar surface area (TPSA) is 47.6 Å². The van der Waals surface area contributed by atoms with Crippen LogP contribution in [0.2, 0.25) is 0 Å². The van der Waals surface area contributed by atoms with Gasteiger partial charge in [-0.05, 0) is 55.3 Å². The number of hydrogen-bond donors (Lipinski definition) is 1. The van der Waals surface area contributed by atoms with E-state index in [1.807, 2.05) is 56.3 Å². The smallest absolute Gasteiger partial charge is 0.227 e. The van der Waals surface area contributed by atoms with Gasteiger partial charge in [0.2, 0.25) is 5.91 Å². The lowest BCUT2D eigenvalue weighted by Gasteiger charge is -2.11. The lowest BCUT2D eigenvalue weighted by atomic mass is 10.1. The molecule has 4 nitrogen and oxygen atoms in total. The van der Waals surface area contributed by atoms with Crippen LogP contribution in [0.15, 0.2) is 42.5 Å². The number of carbonyl (C=O) groups excluding carboxylic acids is 1. The van der Waals surface area contributed by atoms with E-state index in [-0.39, 0.29) is 5.91 Å². The Kier molecular flexibility index (Phi) is 5.42. The van der Waals surface area contributed by atoms with E-state index < -0.39 is 0 Å². The Morgan fingerprint density at radius 2 is 1.73 bits per heavy atom. The average molecular weight is 299 g/mol. The summed E-state index contributed by atoms with van der Waals surface area (Å²) in [5.74, 6) is 1.45. The quantitative estimate of drug-likeness (QED) is 0.884. The van der Waals surface area contributed by atoms with Crippen molar-refractivity contribution < 1.29 is 14.3 Å². The van der Waals surface area contributed by atoms with Crippen LogP contribution in [0.1, 0.15) is 17.5 Å². The number of amides is 1. The minimum atomic E-state index is -0.0535. The van der Waals surface area contributed by atoms with Crippen LogP contribution in [0.3, 0.4) is 0 Å². The predicted octanol–water partition coefficient (Wildman–Crippen LogP) is 3.72. The van der Waals surface area contributed by atoms with Crippen molar-refractivity contribution in [1.82, 2.24) is 0 Å². The molecule has 0 aliphatic carbocycles. The van der Waals surface area contributed by atoms with E-state index in [0.717, 1.165) is 28.3 Å². The van der Waals surface area contributed by atoms with E-state index in [1.165, 1.54) is 0 Å². The first-order valence-corrected chi connectivity index (χ1v) is 7.23. The Hall–Kier alpha value is -2.49. The van der Waals surface area contributed by atoms with Gasteiger partial charge in [-0.15, -0.1) is 0 Å². The molecule has 0 unspecified atom stereocenters. The molecule has 4 heteroatoms. The van der Waals surface area contributed by atoms with Crippen molar-refractivity contribution in [3.05, 3.63) is 53.6 Å². The van der Waals surface area contributed by atoms with Gasteiger partial charge in [-0.25, -0.2) is 0 Å². The van der Waals surface area contributed by atoms with E-state index in [2.05, 4.69) is 5.32 Å². The summed E-state index contributed by atoms with van der Waals surface area (Å²) in [5, 5.41) is 2.92. The van der Waals surface area contributed by atoms with E-state index in [1.54, 1.807) is 7.11 Å². The molecule has 0 fully saturated rings. The Labute approximate surface area is 131 Å². The average Bonchev–Trinajstić information content (AvgIpc) is 2.52. The second kappa shape index (κ2) is 7.50. The summed E-state index contributed by atoms with van der Waals surface area (Å²) in [6, 6.07) is 13.2. The van der Waals surface area contributed by atoms with Crippen LogP contribution < -0.4 is 14.8 Å². The van der Waals surface area contributed by atoms with Gasteiger partial charge < -0.3 is 14.8 Å². The van der Waals surface area contributed by atoms with Gasteiger partial charge >= 0.3 is 0 Å². The zero-order valence-electron chi connectivity index (χ0n) is 13.2. The normalized spacial score (nSPS) is 10.1. The van der Waals surface area contributed by atoms with Crippen molar-refractivity contribution in [2.24, 2.45) is 0 Å². The highest BCUT2D eigenvalue weighted by Crippen LogP contribution is 2.19. The standard InChI is InChI=1S/C18H21NO3/c1-13-5-4-6-17(14(13)2)19-18(20)11-12-22-16-9-7-15(21-3)8-10-16/h4-10H,11-12H2,1-3H3,(H,19,20). The summed E-state index contributed by atoms with van der Waals surface area (Å²) >= 11 is 0. The van der Waals surface area contributed by atoms with Gasteiger partial charge in [0.1, 0.15) is 11.5 Å². The lowest BCUT2D eigenvalue weighted by molar-refractivity contribution is -0.116. The monoisotopic (exact) mass is 299 g/mol. The van der Waals surface area contributed by atoms with Gasteiger partial charge in [-0.3, -0.25) is 4.79 Å². The van der Waals surface area contributed by atoms with E-state index in [0.29, 0.717) is 13.0 Å². The van der Waals surface area contributed by atoms with Gasteiger partial charge in [0.15, 0.2) is 0 Å². The Balaban J connectivity index is 1.81.